The fraction of sp³-hybridized carbons (Fsp3) is 0.652. The van der Waals surface area contributed by atoms with Gasteiger partial charge in [0.1, 0.15) is 0 Å². The van der Waals surface area contributed by atoms with Crippen molar-refractivity contribution in [3.8, 4) is 0 Å². The highest BCUT2D eigenvalue weighted by Gasteiger charge is 2.54. The van der Waals surface area contributed by atoms with E-state index < -0.39 is 24.3 Å². The summed E-state index contributed by atoms with van der Waals surface area (Å²) in [6.07, 6.45) is 0.761. The SMILES string of the molecule is O=C(NCCC1CCOC12CN(C1CCCC1)C2)c1cccnc1.O=C(O)C(F)(F)F.O=C(O)C(F)(F)F. The van der Waals surface area contributed by atoms with E-state index in [2.05, 4.69) is 15.2 Å². The molecule has 1 amide bonds. The largest absolute Gasteiger partial charge is 0.490 e. The Morgan fingerprint density at radius 3 is 2.05 bits per heavy atom. The topological polar surface area (TPSA) is 129 Å². The predicted octanol–water partition coefficient (Wildman–Crippen LogP) is 3.50. The van der Waals surface area contributed by atoms with E-state index in [-0.39, 0.29) is 11.5 Å². The summed E-state index contributed by atoms with van der Waals surface area (Å²) >= 11 is 0. The lowest BCUT2D eigenvalue weighted by Crippen LogP contribution is -2.66. The van der Waals surface area contributed by atoms with Gasteiger partial charge >= 0.3 is 24.3 Å². The highest BCUT2D eigenvalue weighted by atomic mass is 19.4. The van der Waals surface area contributed by atoms with Gasteiger partial charge < -0.3 is 20.3 Å². The molecule has 2 aliphatic heterocycles. The molecule has 1 unspecified atom stereocenters. The van der Waals surface area contributed by atoms with E-state index in [1.54, 1.807) is 24.5 Å². The summed E-state index contributed by atoms with van der Waals surface area (Å²) in [5.74, 6) is -4.97. The monoisotopic (exact) mass is 557 g/mol. The Hall–Kier alpha value is -2.94. The quantitative estimate of drug-likeness (QED) is 0.470. The third-order valence-corrected chi connectivity index (χ3v) is 6.57. The number of carboxylic acid groups (broad SMARTS) is 2. The number of halogens is 6. The van der Waals surface area contributed by atoms with E-state index in [0.717, 1.165) is 38.6 Å². The van der Waals surface area contributed by atoms with Crippen LogP contribution >= 0.6 is 0 Å². The Balaban J connectivity index is 0.000000301. The standard InChI is InChI=1S/C19H27N3O2.2C2HF3O2/c23-18(15-4-3-9-20-12-15)21-10-7-16-8-11-24-19(16)13-22(14-19)17-5-1-2-6-17;2*3-2(4,5)1(6)7/h3-4,9,12,16-17H,1-2,5-8,10-11,13-14H2,(H,21,23);2*(H,6,7). The molecule has 15 heteroatoms. The van der Waals surface area contributed by atoms with Crippen LogP contribution in [0, 0.1) is 5.92 Å². The van der Waals surface area contributed by atoms with E-state index in [1.807, 2.05) is 0 Å². The maximum Gasteiger partial charge on any atom is 0.490 e. The number of pyridine rings is 1. The van der Waals surface area contributed by atoms with Crippen LogP contribution in [0.25, 0.3) is 0 Å². The van der Waals surface area contributed by atoms with Gasteiger partial charge in [0.05, 0.1) is 11.2 Å². The molecule has 9 nitrogen and oxygen atoms in total. The van der Waals surface area contributed by atoms with Crippen molar-refractivity contribution < 1.29 is 55.7 Å². The second kappa shape index (κ2) is 13.2. The molecule has 3 fully saturated rings. The molecule has 1 spiro atoms. The molecule has 2 saturated heterocycles. The van der Waals surface area contributed by atoms with Crippen LogP contribution in [0.3, 0.4) is 0 Å². The molecular weight excluding hydrogens is 528 g/mol. The Morgan fingerprint density at radius 1 is 1.03 bits per heavy atom. The number of hydrogen-bond acceptors (Lipinski definition) is 6. The number of amides is 1. The van der Waals surface area contributed by atoms with Crippen LogP contribution < -0.4 is 5.32 Å². The van der Waals surface area contributed by atoms with Gasteiger partial charge in [-0.2, -0.15) is 26.3 Å². The molecule has 3 N–H and O–H groups in total. The first kappa shape index (κ1) is 31.3. The molecule has 38 heavy (non-hydrogen) atoms. The lowest BCUT2D eigenvalue weighted by Gasteiger charge is -2.53. The number of alkyl halides is 6. The molecule has 3 heterocycles. The Kier molecular flexibility index (Phi) is 10.9. The van der Waals surface area contributed by atoms with Gasteiger partial charge in [0, 0.05) is 44.7 Å². The molecule has 1 atom stereocenters. The summed E-state index contributed by atoms with van der Waals surface area (Å²) in [5.41, 5.74) is 0.702. The molecule has 1 aromatic heterocycles. The summed E-state index contributed by atoms with van der Waals surface area (Å²) < 4.78 is 69.6. The van der Waals surface area contributed by atoms with Gasteiger partial charge in [-0.15, -0.1) is 0 Å². The average Bonchev–Trinajstić information content (AvgIpc) is 3.48. The van der Waals surface area contributed by atoms with E-state index >= 15 is 0 Å². The molecule has 1 aliphatic carbocycles. The van der Waals surface area contributed by atoms with E-state index in [1.165, 1.54) is 25.7 Å². The maximum absolute atomic E-state index is 12.1. The number of likely N-dealkylation sites (tertiary alicyclic amines) is 1. The van der Waals surface area contributed by atoms with Crippen LogP contribution in [-0.2, 0) is 14.3 Å². The van der Waals surface area contributed by atoms with Gasteiger partial charge in [-0.1, -0.05) is 12.8 Å². The zero-order chi connectivity index (χ0) is 28.6. The lowest BCUT2D eigenvalue weighted by atomic mass is 9.78. The smallest absolute Gasteiger partial charge is 0.475 e. The Labute approximate surface area is 214 Å². The molecule has 1 aromatic rings. The molecule has 0 bridgehead atoms. The molecule has 3 aliphatic rings. The molecule has 4 rings (SSSR count). The van der Waals surface area contributed by atoms with Crippen LogP contribution in [-0.4, -0.2) is 88.2 Å². The highest BCUT2D eigenvalue weighted by Crippen LogP contribution is 2.44. The van der Waals surface area contributed by atoms with Crippen molar-refractivity contribution in [1.82, 2.24) is 15.2 Å². The number of aliphatic carboxylic acids is 2. The fourth-order valence-electron chi connectivity index (χ4n) is 4.67. The van der Waals surface area contributed by atoms with Crippen LogP contribution in [0.5, 0.6) is 0 Å². The van der Waals surface area contributed by atoms with Gasteiger partial charge in [-0.3, -0.25) is 14.7 Å². The summed E-state index contributed by atoms with van der Waals surface area (Å²) in [7, 11) is 0. The minimum Gasteiger partial charge on any atom is -0.475 e. The third kappa shape index (κ3) is 9.11. The number of nitrogens with zero attached hydrogens (tertiary/aromatic N) is 2. The van der Waals surface area contributed by atoms with Crippen molar-refractivity contribution in [2.24, 2.45) is 5.92 Å². The molecule has 0 radical (unpaired) electrons. The number of nitrogens with one attached hydrogen (secondary N) is 1. The van der Waals surface area contributed by atoms with Crippen molar-refractivity contribution in [2.45, 2.75) is 62.5 Å². The summed E-state index contributed by atoms with van der Waals surface area (Å²) in [4.78, 5) is 36.5. The Morgan fingerprint density at radius 2 is 1.58 bits per heavy atom. The van der Waals surface area contributed by atoms with Gasteiger partial charge in [0.2, 0.25) is 0 Å². The number of hydrogen-bond donors (Lipinski definition) is 3. The lowest BCUT2D eigenvalue weighted by molar-refractivity contribution is -0.193. The van der Waals surface area contributed by atoms with Crippen LogP contribution in [0.1, 0.15) is 48.9 Å². The van der Waals surface area contributed by atoms with Crippen LogP contribution in [0.2, 0.25) is 0 Å². The minimum atomic E-state index is -5.08. The second-order valence-electron chi connectivity index (χ2n) is 9.13. The van der Waals surface area contributed by atoms with E-state index in [4.69, 9.17) is 24.5 Å². The number of carbonyl (C=O) groups excluding carboxylic acids is 1. The van der Waals surface area contributed by atoms with E-state index in [9.17, 15) is 31.1 Å². The van der Waals surface area contributed by atoms with Gasteiger partial charge in [0.15, 0.2) is 0 Å². The molecule has 214 valence electrons. The van der Waals surface area contributed by atoms with Crippen molar-refractivity contribution >= 4 is 17.8 Å². The molecular formula is C23H29F6N3O6. The first-order valence-corrected chi connectivity index (χ1v) is 11.8. The van der Waals surface area contributed by atoms with Crippen molar-refractivity contribution in [2.75, 3.05) is 26.2 Å². The first-order chi connectivity index (χ1) is 17.7. The predicted molar refractivity (Wildman–Crippen MR) is 119 cm³/mol. The first-order valence-electron chi connectivity index (χ1n) is 11.8. The summed E-state index contributed by atoms with van der Waals surface area (Å²) in [5, 5.41) is 17.3. The summed E-state index contributed by atoms with van der Waals surface area (Å²) in [6.45, 7) is 3.78. The average molecular weight is 557 g/mol. The Bertz CT molecular complexity index is 908. The summed E-state index contributed by atoms with van der Waals surface area (Å²) in [6, 6.07) is 4.39. The number of rotatable bonds is 5. The highest BCUT2D eigenvalue weighted by molar-refractivity contribution is 5.93. The maximum atomic E-state index is 12.1. The normalized spacial score (nSPS) is 20.9. The molecule has 1 saturated carbocycles. The zero-order valence-corrected chi connectivity index (χ0v) is 20.2. The molecule has 0 aromatic carbocycles. The number of carbonyl (C=O) groups is 3. The zero-order valence-electron chi connectivity index (χ0n) is 20.2. The number of aromatic nitrogens is 1. The van der Waals surface area contributed by atoms with Crippen LogP contribution in [0.4, 0.5) is 26.3 Å². The van der Waals surface area contributed by atoms with Gasteiger partial charge in [-0.25, -0.2) is 9.59 Å². The van der Waals surface area contributed by atoms with Crippen molar-refractivity contribution in [1.29, 1.82) is 0 Å². The minimum absolute atomic E-state index is 0.0303. The van der Waals surface area contributed by atoms with Crippen molar-refractivity contribution in [3.05, 3.63) is 30.1 Å². The number of ether oxygens (including phenoxy) is 1. The van der Waals surface area contributed by atoms with E-state index in [0.29, 0.717) is 18.0 Å². The third-order valence-electron chi connectivity index (χ3n) is 6.57. The van der Waals surface area contributed by atoms with Crippen LogP contribution in [0.15, 0.2) is 24.5 Å². The van der Waals surface area contributed by atoms with Gasteiger partial charge in [-0.05, 0) is 43.7 Å². The fourth-order valence-corrected chi connectivity index (χ4v) is 4.67. The van der Waals surface area contributed by atoms with Gasteiger partial charge in [0.25, 0.3) is 5.91 Å². The second-order valence-corrected chi connectivity index (χ2v) is 9.13. The number of carboxylic acids is 2. The van der Waals surface area contributed by atoms with Crippen molar-refractivity contribution in [3.63, 3.8) is 0 Å².